The van der Waals surface area contributed by atoms with Crippen LogP contribution in [0, 0.1) is 11.3 Å². The normalized spacial score (nSPS) is 21.6. The van der Waals surface area contributed by atoms with E-state index in [9.17, 15) is 5.26 Å². The van der Waals surface area contributed by atoms with Crippen LogP contribution in [0.25, 0.3) is 0 Å². The van der Waals surface area contributed by atoms with Crippen molar-refractivity contribution in [2.45, 2.75) is 44.2 Å². The molecule has 2 aliphatic rings. The molecule has 112 valence electrons. The average molecular weight is 285 g/mol. The minimum absolute atomic E-state index is 0.539. The van der Waals surface area contributed by atoms with Crippen molar-refractivity contribution in [1.82, 2.24) is 5.32 Å². The third-order valence-corrected chi connectivity index (χ3v) is 4.45. The van der Waals surface area contributed by atoms with Gasteiger partial charge in [-0.2, -0.15) is 5.26 Å². The van der Waals surface area contributed by atoms with Crippen LogP contribution in [-0.2, 0) is 0 Å². The monoisotopic (exact) mass is 285 g/mol. The Labute approximate surface area is 126 Å². The lowest BCUT2D eigenvalue weighted by atomic mass is 10.0. The van der Waals surface area contributed by atoms with Gasteiger partial charge in [0.1, 0.15) is 11.8 Å². The molecule has 1 unspecified atom stereocenters. The van der Waals surface area contributed by atoms with Gasteiger partial charge in [0.15, 0.2) is 0 Å². The molecule has 0 spiro atoms. The standard InChI is InChI=1S/C17H23N3O/c1-21-16-8-5-13(11-18)17(10-16)20(15-6-7-15)12-14-4-2-3-9-19-14/h5,8,10,14-15,19H,2-4,6-7,9,12H2,1H3. The maximum Gasteiger partial charge on any atom is 0.121 e. The predicted octanol–water partition coefficient (Wildman–Crippen LogP) is 2.68. The highest BCUT2D eigenvalue weighted by molar-refractivity contribution is 5.63. The van der Waals surface area contributed by atoms with Crippen LogP contribution in [0.4, 0.5) is 5.69 Å². The molecule has 0 bridgehead atoms. The molecule has 1 atom stereocenters. The Bertz CT molecular complexity index is 527. The molecule has 4 nitrogen and oxygen atoms in total. The van der Waals surface area contributed by atoms with E-state index < -0.39 is 0 Å². The van der Waals surface area contributed by atoms with E-state index in [-0.39, 0.29) is 0 Å². The highest BCUT2D eigenvalue weighted by Crippen LogP contribution is 2.35. The summed E-state index contributed by atoms with van der Waals surface area (Å²) in [5.41, 5.74) is 1.78. The molecule has 1 aromatic carbocycles. The second kappa shape index (κ2) is 6.36. The molecule has 0 aromatic heterocycles. The lowest BCUT2D eigenvalue weighted by Gasteiger charge is -2.33. The van der Waals surface area contributed by atoms with Crippen molar-refractivity contribution in [3.8, 4) is 11.8 Å². The molecule has 1 heterocycles. The van der Waals surface area contributed by atoms with E-state index in [0.29, 0.717) is 12.1 Å². The molecular weight excluding hydrogens is 262 g/mol. The molecule has 4 heteroatoms. The fourth-order valence-corrected chi connectivity index (χ4v) is 3.12. The number of hydrogen-bond acceptors (Lipinski definition) is 4. The molecule has 0 amide bonds. The van der Waals surface area contributed by atoms with E-state index in [1.165, 1.54) is 32.1 Å². The zero-order chi connectivity index (χ0) is 14.7. The summed E-state index contributed by atoms with van der Waals surface area (Å²) in [5, 5.41) is 13.0. The van der Waals surface area contributed by atoms with Crippen LogP contribution in [0.1, 0.15) is 37.7 Å². The first-order valence-corrected chi connectivity index (χ1v) is 7.90. The Hall–Kier alpha value is -1.73. The summed E-state index contributed by atoms with van der Waals surface area (Å²) in [6, 6.07) is 9.21. The van der Waals surface area contributed by atoms with E-state index in [4.69, 9.17) is 4.74 Å². The number of anilines is 1. The fraction of sp³-hybridized carbons (Fsp3) is 0.588. The fourth-order valence-electron chi connectivity index (χ4n) is 3.12. The Morgan fingerprint density at radius 2 is 2.19 bits per heavy atom. The summed E-state index contributed by atoms with van der Waals surface area (Å²) in [4.78, 5) is 2.42. The smallest absolute Gasteiger partial charge is 0.121 e. The number of piperidine rings is 1. The van der Waals surface area contributed by atoms with Crippen LogP contribution in [0.3, 0.4) is 0 Å². The van der Waals surface area contributed by atoms with Gasteiger partial charge >= 0.3 is 0 Å². The maximum absolute atomic E-state index is 9.41. The van der Waals surface area contributed by atoms with Crippen molar-refractivity contribution in [1.29, 1.82) is 5.26 Å². The summed E-state index contributed by atoms with van der Waals surface area (Å²) >= 11 is 0. The maximum atomic E-state index is 9.41. The van der Waals surface area contributed by atoms with Gasteiger partial charge in [-0.3, -0.25) is 0 Å². The summed E-state index contributed by atoms with van der Waals surface area (Å²) < 4.78 is 5.34. The molecule has 1 N–H and O–H groups in total. The van der Waals surface area contributed by atoms with Crippen LogP contribution < -0.4 is 15.0 Å². The third kappa shape index (κ3) is 3.30. The van der Waals surface area contributed by atoms with Crippen molar-refractivity contribution in [2.75, 3.05) is 25.1 Å². The molecule has 1 aliphatic heterocycles. The van der Waals surface area contributed by atoms with Crippen LogP contribution in [0.5, 0.6) is 5.75 Å². The zero-order valence-electron chi connectivity index (χ0n) is 12.6. The number of methoxy groups -OCH3 is 1. The molecule has 1 aromatic rings. The summed E-state index contributed by atoms with van der Waals surface area (Å²) in [6.07, 6.45) is 6.28. The highest BCUT2D eigenvalue weighted by Gasteiger charge is 2.32. The van der Waals surface area contributed by atoms with E-state index in [1.807, 2.05) is 18.2 Å². The first kappa shape index (κ1) is 14.2. The quantitative estimate of drug-likeness (QED) is 0.903. The average Bonchev–Trinajstić information content (AvgIpc) is 3.38. The Kier molecular flexibility index (Phi) is 4.31. The van der Waals surface area contributed by atoms with Gasteiger partial charge in [0.05, 0.1) is 18.4 Å². The lowest BCUT2D eigenvalue weighted by molar-refractivity contribution is 0.397. The zero-order valence-corrected chi connectivity index (χ0v) is 12.6. The Morgan fingerprint density at radius 3 is 2.81 bits per heavy atom. The highest BCUT2D eigenvalue weighted by atomic mass is 16.5. The number of rotatable bonds is 5. The summed E-state index contributed by atoms with van der Waals surface area (Å²) in [7, 11) is 1.68. The molecule has 3 rings (SSSR count). The molecule has 1 aliphatic carbocycles. The number of hydrogen-bond donors (Lipinski definition) is 1. The van der Waals surface area contributed by atoms with Crippen molar-refractivity contribution >= 4 is 5.69 Å². The van der Waals surface area contributed by atoms with Crippen molar-refractivity contribution in [3.05, 3.63) is 23.8 Å². The number of benzene rings is 1. The SMILES string of the molecule is COc1ccc(C#N)c(N(CC2CCCCN2)C2CC2)c1. The minimum Gasteiger partial charge on any atom is -0.497 e. The molecule has 2 fully saturated rings. The van der Waals surface area contributed by atoms with Gasteiger partial charge in [0.25, 0.3) is 0 Å². The topological polar surface area (TPSA) is 48.3 Å². The number of nitrogens with one attached hydrogen (secondary N) is 1. The van der Waals surface area contributed by atoms with Gasteiger partial charge < -0.3 is 15.0 Å². The summed E-state index contributed by atoms with van der Waals surface area (Å²) in [6.45, 7) is 2.11. The van der Waals surface area contributed by atoms with E-state index in [2.05, 4.69) is 16.3 Å². The number of ether oxygens (including phenoxy) is 1. The number of nitrogens with zero attached hydrogens (tertiary/aromatic N) is 2. The van der Waals surface area contributed by atoms with E-state index in [0.717, 1.165) is 30.1 Å². The number of nitriles is 1. The second-order valence-corrected chi connectivity index (χ2v) is 6.03. The summed E-state index contributed by atoms with van der Waals surface area (Å²) in [5.74, 6) is 0.825. The van der Waals surface area contributed by atoms with Gasteiger partial charge in [-0.25, -0.2) is 0 Å². The molecule has 0 radical (unpaired) electrons. The van der Waals surface area contributed by atoms with E-state index >= 15 is 0 Å². The molecular formula is C17H23N3O. The van der Waals surface area contributed by atoms with Crippen molar-refractivity contribution < 1.29 is 4.74 Å². The Balaban J connectivity index is 1.84. The van der Waals surface area contributed by atoms with Crippen LogP contribution in [-0.4, -0.2) is 32.3 Å². The molecule has 21 heavy (non-hydrogen) atoms. The van der Waals surface area contributed by atoms with Crippen LogP contribution >= 0.6 is 0 Å². The van der Waals surface area contributed by atoms with Gasteiger partial charge in [-0.1, -0.05) is 6.42 Å². The third-order valence-electron chi connectivity index (χ3n) is 4.45. The van der Waals surface area contributed by atoms with E-state index in [1.54, 1.807) is 7.11 Å². The lowest BCUT2D eigenvalue weighted by Crippen LogP contribution is -2.44. The van der Waals surface area contributed by atoms with Crippen molar-refractivity contribution in [3.63, 3.8) is 0 Å². The van der Waals surface area contributed by atoms with Gasteiger partial charge in [-0.05, 0) is 44.4 Å². The molecule has 1 saturated heterocycles. The van der Waals surface area contributed by atoms with Gasteiger partial charge in [0, 0.05) is 24.7 Å². The van der Waals surface area contributed by atoms with Crippen LogP contribution in [0.2, 0.25) is 0 Å². The minimum atomic E-state index is 0.539. The van der Waals surface area contributed by atoms with Crippen LogP contribution in [0.15, 0.2) is 18.2 Å². The first-order valence-electron chi connectivity index (χ1n) is 7.90. The van der Waals surface area contributed by atoms with Crippen molar-refractivity contribution in [2.24, 2.45) is 0 Å². The van der Waals surface area contributed by atoms with Gasteiger partial charge in [0.2, 0.25) is 0 Å². The van der Waals surface area contributed by atoms with Gasteiger partial charge in [-0.15, -0.1) is 0 Å². The predicted molar refractivity (Wildman–Crippen MR) is 83.7 cm³/mol. The largest absolute Gasteiger partial charge is 0.497 e. The Morgan fingerprint density at radius 1 is 1.33 bits per heavy atom. The second-order valence-electron chi connectivity index (χ2n) is 6.03. The first-order chi connectivity index (χ1) is 10.3. The molecule has 1 saturated carbocycles.